The third-order valence-electron chi connectivity index (χ3n) is 3.68. The second-order valence-corrected chi connectivity index (χ2v) is 7.68. The van der Waals surface area contributed by atoms with E-state index in [1.807, 2.05) is 14.0 Å². The van der Waals surface area contributed by atoms with E-state index in [0.29, 0.717) is 24.0 Å². The van der Waals surface area contributed by atoms with Gasteiger partial charge in [-0.05, 0) is 57.0 Å². The van der Waals surface area contributed by atoms with Crippen LogP contribution in [0.2, 0.25) is 5.02 Å². The number of piperidine rings is 1. The fourth-order valence-electron chi connectivity index (χ4n) is 2.65. The van der Waals surface area contributed by atoms with Crippen molar-refractivity contribution in [2.75, 3.05) is 26.7 Å². The Bertz CT molecular complexity index is 573. The number of nitrogens with zero attached hydrogens (tertiary/aromatic N) is 1. The number of benzene rings is 1. The summed E-state index contributed by atoms with van der Waals surface area (Å²) in [6, 6.07) is 5.09. The van der Waals surface area contributed by atoms with Crippen molar-refractivity contribution in [3.63, 3.8) is 0 Å². The lowest BCUT2D eigenvalue weighted by molar-refractivity contribution is 0.263. The standard InChI is InChI=1S/C14H21ClN2O2S/c1-11-5-6-14(13(15)8-11)20(18,19)17-7-3-4-12(10-17)9-16-2/h5-6,8,12,16H,3-4,7,9-10H2,1-2H3. The molecular formula is C14H21ClN2O2S. The zero-order chi connectivity index (χ0) is 14.8. The molecule has 0 amide bonds. The maximum Gasteiger partial charge on any atom is 0.244 e. The molecule has 20 heavy (non-hydrogen) atoms. The molecule has 1 fully saturated rings. The first-order chi connectivity index (χ1) is 9.45. The fourth-order valence-corrected chi connectivity index (χ4v) is 4.78. The van der Waals surface area contributed by atoms with Gasteiger partial charge in [-0.2, -0.15) is 4.31 Å². The summed E-state index contributed by atoms with van der Waals surface area (Å²) in [5, 5.41) is 3.43. The van der Waals surface area contributed by atoms with Crippen LogP contribution in [-0.2, 0) is 10.0 Å². The summed E-state index contributed by atoms with van der Waals surface area (Å²) in [6.07, 6.45) is 1.96. The van der Waals surface area contributed by atoms with Crippen molar-refractivity contribution < 1.29 is 8.42 Å². The van der Waals surface area contributed by atoms with Gasteiger partial charge >= 0.3 is 0 Å². The molecule has 1 aromatic carbocycles. The van der Waals surface area contributed by atoms with Crippen molar-refractivity contribution in [2.24, 2.45) is 5.92 Å². The van der Waals surface area contributed by atoms with Gasteiger partial charge in [-0.3, -0.25) is 0 Å². The Labute approximate surface area is 126 Å². The van der Waals surface area contributed by atoms with Crippen LogP contribution in [0.15, 0.2) is 23.1 Å². The van der Waals surface area contributed by atoms with E-state index in [9.17, 15) is 8.42 Å². The van der Waals surface area contributed by atoms with Crippen LogP contribution in [0.25, 0.3) is 0 Å². The lowest BCUT2D eigenvalue weighted by Gasteiger charge is -2.32. The molecule has 4 nitrogen and oxygen atoms in total. The lowest BCUT2D eigenvalue weighted by atomic mass is 10.00. The summed E-state index contributed by atoms with van der Waals surface area (Å²) in [6.45, 7) is 3.87. The second kappa shape index (κ2) is 6.43. The molecular weight excluding hydrogens is 296 g/mol. The fraction of sp³-hybridized carbons (Fsp3) is 0.571. The number of halogens is 1. The highest BCUT2D eigenvalue weighted by Crippen LogP contribution is 2.28. The van der Waals surface area contributed by atoms with E-state index < -0.39 is 10.0 Å². The molecule has 1 heterocycles. The summed E-state index contributed by atoms with van der Waals surface area (Å²) in [5.41, 5.74) is 0.959. The van der Waals surface area contributed by atoms with Gasteiger partial charge in [0.1, 0.15) is 4.90 Å². The predicted octanol–water partition coefficient (Wildman–Crippen LogP) is 2.27. The minimum Gasteiger partial charge on any atom is -0.319 e. The van der Waals surface area contributed by atoms with E-state index in [1.165, 1.54) is 0 Å². The Hall–Kier alpha value is -0.620. The van der Waals surface area contributed by atoms with Crippen LogP contribution < -0.4 is 5.32 Å². The van der Waals surface area contributed by atoms with Crippen LogP contribution in [0.1, 0.15) is 18.4 Å². The molecule has 0 aromatic heterocycles. The van der Waals surface area contributed by atoms with Crippen LogP contribution in [-0.4, -0.2) is 39.4 Å². The van der Waals surface area contributed by atoms with E-state index in [-0.39, 0.29) is 4.90 Å². The number of sulfonamides is 1. The zero-order valence-corrected chi connectivity index (χ0v) is 13.5. The average Bonchev–Trinajstić information content (AvgIpc) is 2.39. The predicted molar refractivity (Wildman–Crippen MR) is 81.6 cm³/mol. The number of hydrogen-bond acceptors (Lipinski definition) is 3. The van der Waals surface area contributed by atoms with Gasteiger partial charge in [0.25, 0.3) is 0 Å². The summed E-state index contributed by atoms with van der Waals surface area (Å²) >= 11 is 6.11. The van der Waals surface area contributed by atoms with Crippen molar-refractivity contribution in [1.82, 2.24) is 9.62 Å². The molecule has 1 aliphatic heterocycles. The summed E-state index contributed by atoms with van der Waals surface area (Å²) < 4.78 is 26.9. The minimum absolute atomic E-state index is 0.217. The van der Waals surface area contributed by atoms with Crippen LogP contribution >= 0.6 is 11.6 Å². The Morgan fingerprint density at radius 3 is 2.85 bits per heavy atom. The average molecular weight is 317 g/mol. The smallest absolute Gasteiger partial charge is 0.244 e. The largest absolute Gasteiger partial charge is 0.319 e. The first-order valence-electron chi connectivity index (χ1n) is 6.86. The Balaban J connectivity index is 2.25. The minimum atomic E-state index is -3.49. The first kappa shape index (κ1) is 15.8. The third kappa shape index (κ3) is 3.34. The Kier molecular flexibility index (Phi) is 5.07. The molecule has 0 radical (unpaired) electrons. The normalized spacial score (nSPS) is 21.1. The highest BCUT2D eigenvalue weighted by molar-refractivity contribution is 7.89. The highest BCUT2D eigenvalue weighted by atomic mass is 35.5. The molecule has 1 atom stereocenters. The molecule has 0 aliphatic carbocycles. The van der Waals surface area contributed by atoms with E-state index in [4.69, 9.17) is 11.6 Å². The molecule has 0 saturated carbocycles. The van der Waals surface area contributed by atoms with Gasteiger partial charge in [-0.25, -0.2) is 8.42 Å². The van der Waals surface area contributed by atoms with Gasteiger partial charge in [-0.15, -0.1) is 0 Å². The van der Waals surface area contributed by atoms with Crippen molar-refractivity contribution in [3.05, 3.63) is 28.8 Å². The maximum atomic E-state index is 12.7. The van der Waals surface area contributed by atoms with E-state index >= 15 is 0 Å². The lowest BCUT2D eigenvalue weighted by Crippen LogP contribution is -2.42. The summed E-state index contributed by atoms with van der Waals surface area (Å²) in [4.78, 5) is 0.217. The van der Waals surface area contributed by atoms with Crippen molar-refractivity contribution >= 4 is 21.6 Å². The van der Waals surface area contributed by atoms with Crippen LogP contribution in [0.5, 0.6) is 0 Å². The Morgan fingerprint density at radius 2 is 2.20 bits per heavy atom. The third-order valence-corrected chi connectivity index (χ3v) is 6.03. The molecule has 1 aromatic rings. The number of aryl methyl sites for hydroxylation is 1. The summed E-state index contributed by atoms with van der Waals surface area (Å²) in [5.74, 6) is 0.368. The molecule has 0 bridgehead atoms. The molecule has 0 spiro atoms. The summed E-state index contributed by atoms with van der Waals surface area (Å²) in [7, 11) is -1.59. The topological polar surface area (TPSA) is 49.4 Å². The molecule has 1 unspecified atom stereocenters. The first-order valence-corrected chi connectivity index (χ1v) is 8.68. The van der Waals surface area contributed by atoms with E-state index in [1.54, 1.807) is 22.5 Å². The molecule has 1 saturated heterocycles. The second-order valence-electron chi connectivity index (χ2n) is 5.36. The molecule has 1 N–H and O–H groups in total. The monoisotopic (exact) mass is 316 g/mol. The van der Waals surface area contributed by atoms with Crippen molar-refractivity contribution in [3.8, 4) is 0 Å². The van der Waals surface area contributed by atoms with Gasteiger partial charge < -0.3 is 5.32 Å². The van der Waals surface area contributed by atoms with Gasteiger partial charge in [0.15, 0.2) is 0 Å². The van der Waals surface area contributed by atoms with Crippen LogP contribution in [0.4, 0.5) is 0 Å². The SMILES string of the molecule is CNCC1CCCN(S(=O)(=O)c2ccc(C)cc2Cl)C1. The highest BCUT2D eigenvalue weighted by Gasteiger charge is 2.31. The molecule has 2 rings (SSSR count). The van der Waals surface area contributed by atoms with Crippen molar-refractivity contribution in [2.45, 2.75) is 24.7 Å². The maximum absolute atomic E-state index is 12.7. The van der Waals surface area contributed by atoms with Crippen LogP contribution in [0.3, 0.4) is 0 Å². The zero-order valence-electron chi connectivity index (χ0n) is 11.9. The Morgan fingerprint density at radius 1 is 1.45 bits per heavy atom. The van der Waals surface area contributed by atoms with Gasteiger partial charge in [-0.1, -0.05) is 17.7 Å². The number of nitrogens with one attached hydrogen (secondary N) is 1. The van der Waals surface area contributed by atoms with Gasteiger partial charge in [0.05, 0.1) is 5.02 Å². The van der Waals surface area contributed by atoms with Gasteiger partial charge in [0.2, 0.25) is 10.0 Å². The molecule has 112 valence electrons. The molecule has 1 aliphatic rings. The number of rotatable bonds is 4. The van der Waals surface area contributed by atoms with E-state index in [0.717, 1.165) is 24.9 Å². The number of hydrogen-bond donors (Lipinski definition) is 1. The van der Waals surface area contributed by atoms with Gasteiger partial charge in [0, 0.05) is 13.1 Å². The van der Waals surface area contributed by atoms with Crippen LogP contribution in [0, 0.1) is 12.8 Å². The van der Waals surface area contributed by atoms with Crippen molar-refractivity contribution in [1.29, 1.82) is 0 Å². The van der Waals surface area contributed by atoms with E-state index in [2.05, 4.69) is 5.32 Å². The quantitative estimate of drug-likeness (QED) is 0.927. The molecule has 6 heteroatoms.